The van der Waals surface area contributed by atoms with Crippen LogP contribution in [0.3, 0.4) is 0 Å². The second-order valence-corrected chi connectivity index (χ2v) is 7.08. The molecule has 0 spiro atoms. The van der Waals surface area contributed by atoms with E-state index in [9.17, 15) is 14.7 Å². The third-order valence-electron chi connectivity index (χ3n) is 5.34. The van der Waals surface area contributed by atoms with E-state index < -0.39 is 11.5 Å². The first-order chi connectivity index (χ1) is 12.4. The second-order valence-electron chi connectivity index (χ2n) is 7.08. The molecule has 140 valence electrons. The minimum atomic E-state index is -1.12. The van der Waals surface area contributed by atoms with Crippen LogP contribution in [0.4, 0.5) is 0 Å². The molecule has 1 aliphatic rings. The monoisotopic (exact) mass is 359 g/mol. The fourth-order valence-electron chi connectivity index (χ4n) is 3.81. The minimum absolute atomic E-state index is 0.221. The summed E-state index contributed by atoms with van der Waals surface area (Å²) in [4.78, 5) is 32.8. The van der Waals surface area contributed by atoms with E-state index >= 15 is 0 Å². The van der Waals surface area contributed by atoms with E-state index in [1.165, 1.54) is 6.33 Å². The van der Waals surface area contributed by atoms with E-state index in [0.717, 1.165) is 42.6 Å². The molecule has 2 heterocycles. The molecule has 1 saturated carbocycles. The first-order valence-corrected chi connectivity index (χ1v) is 9.13. The summed E-state index contributed by atoms with van der Waals surface area (Å²) in [5, 5.41) is 16.7. The normalized spacial score (nSPS) is 17.0. The highest BCUT2D eigenvalue weighted by atomic mass is 16.4. The van der Waals surface area contributed by atoms with Gasteiger partial charge in [0.2, 0.25) is 5.91 Å². The first kappa shape index (κ1) is 18.3. The molecule has 0 atom stereocenters. The molecule has 2 aromatic heterocycles. The molecule has 1 fully saturated rings. The van der Waals surface area contributed by atoms with Gasteiger partial charge in [-0.05, 0) is 38.7 Å². The van der Waals surface area contributed by atoms with Gasteiger partial charge in [0.25, 0.3) is 5.78 Å². The number of carboxylic acids is 1. The Balaban J connectivity index is 1.71. The Labute approximate surface area is 152 Å². The van der Waals surface area contributed by atoms with Gasteiger partial charge in [0, 0.05) is 17.8 Å². The average molecular weight is 359 g/mol. The molecule has 2 N–H and O–H groups in total. The van der Waals surface area contributed by atoms with Crippen LogP contribution in [0.15, 0.2) is 6.33 Å². The van der Waals surface area contributed by atoms with Crippen LogP contribution >= 0.6 is 0 Å². The summed E-state index contributed by atoms with van der Waals surface area (Å²) in [6, 6.07) is 0. The summed E-state index contributed by atoms with van der Waals surface area (Å²) < 4.78 is 1.66. The van der Waals surface area contributed by atoms with Crippen LogP contribution in [0.1, 0.15) is 61.9 Å². The van der Waals surface area contributed by atoms with Crippen molar-refractivity contribution in [1.29, 1.82) is 0 Å². The van der Waals surface area contributed by atoms with Crippen molar-refractivity contribution in [2.75, 3.05) is 0 Å². The second kappa shape index (κ2) is 7.39. The van der Waals surface area contributed by atoms with Crippen molar-refractivity contribution in [3.05, 3.63) is 23.3 Å². The zero-order valence-corrected chi connectivity index (χ0v) is 15.3. The van der Waals surface area contributed by atoms with Gasteiger partial charge in [-0.15, -0.1) is 0 Å². The number of aryl methyl sites for hydroxylation is 2. The topological polar surface area (TPSA) is 109 Å². The van der Waals surface area contributed by atoms with Crippen molar-refractivity contribution in [2.24, 2.45) is 0 Å². The van der Waals surface area contributed by atoms with Crippen molar-refractivity contribution in [2.45, 2.75) is 70.8 Å². The van der Waals surface area contributed by atoms with Gasteiger partial charge in [0.05, 0.1) is 0 Å². The van der Waals surface area contributed by atoms with Crippen molar-refractivity contribution in [3.63, 3.8) is 0 Å². The molecule has 8 nitrogen and oxygen atoms in total. The maximum atomic E-state index is 12.5. The zero-order valence-electron chi connectivity index (χ0n) is 15.3. The molecule has 0 saturated heterocycles. The van der Waals surface area contributed by atoms with E-state index in [4.69, 9.17) is 0 Å². The number of fused-ring (bicyclic) bond motifs is 1. The van der Waals surface area contributed by atoms with Crippen LogP contribution in [0, 0.1) is 13.8 Å². The molecule has 0 radical (unpaired) electrons. The fourth-order valence-corrected chi connectivity index (χ4v) is 3.81. The van der Waals surface area contributed by atoms with Crippen LogP contribution in [-0.2, 0) is 16.0 Å². The predicted molar refractivity (Wildman–Crippen MR) is 94.8 cm³/mol. The lowest BCUT2D eigenvalue weighted by molar-refractivity contribution is -0.148. The molecule has 0 bridgehead atoms. The summed E-state index contributed by atoms with van der Waals surface area (Å²) >= 11 is 0. The average Bonchev–Trinajstić information content (AvgIpc) is 2.92. The molecule has 26 heavy (non-hydrogen) atoms. The Bertz CT molecular complexity index is 822. The number of aliphatic carboxylic acids is 1. The molecule has 2 aromatic rings. The number of aromatic nitrogens is 4. The van der Waals surface area contributed by atoms with Gasteiger partial charge in [-0.25, -0.2) is 14.3 Å². The van der Waals surface area contributed by atoms with E-state index in [0.29, 0.717) is 25.0 Å². The number of nitrogens with one attached hydrogen (secondary N) is 1. The largest absolute Gasteiger partial charge is 0.480 e. The Morgan fingerprint density at radius 1 is 1.23 bits per heavy atom. The molecular weight excluding hydrogens is 334 g/mol. The lowest BCUT2D eigenvalue weighted by atomic mass is 9.90. The minimum Gasteiger partial charge on any atom is -0.480 e. The SMILES string of the molecule is Cc1nc2ncnn2c(C)c1CCC(=O)NC1(C(=O)O)CCCCCC1. The highest BCUT2D eigenvalue weighted by molar-refractivity contribution is 5.87. The maximum Gasteiger partial charge on any atom is 0.329 e. The summed E-state index contributed by atoms with van der Waals surface area (Å²) in [7, 11) is 0. The zero-order chi connectivity index (χ0) is 18.7. The van der Waals surface area contributed by atoms with Gasteiger partial charge in [0.15, 0.2) is 0 Å². The molecule has 0 aliphatic heterocycles. The standard InChI is InChI=1S/C18H25N5O3/c1-12-14(13(2)23-17(21-12)19-11-20-23)7-8-15(24)22-18(16(25)26)9-5-3-4-6-10-18/h11H,3-10H2,1-2H3,(H,22,24)(H,25,26). The number of hydrogen-bond donors (Lipinski definition) is 2. The van der Waals surface area contributed by atoms with Crippen LogP contribution in [0.5, 0.6) is 0 Å². The number of hydrogen-bond acceptors (Lipinski definition) is 5. The lowest BCUT2D eigenvalue weighted by Crippen LogP contribution is -2.54. The van der Waals surface area contributed by atoms with Crippen LogP contribution < -0.4 is 5.32 Å². The predicted octanol–water partition coefficient (Wildman–Crippen LogP) is 1.97. The summed E-state index contributed by atoms with van der Waals surface area (Å²) in [5.74, 6) is -0.617. The van der Waals surface area contributed by atoms with E-state index in [1.54, 1.807) is 4.52 Å². The van der Waals surface area contributed by atoms with Gasteiger partial charge in [0.1, 0.15) is 11.9 Å². The quantitative estimate of drug-likeness (QED) is 0.790. The summed E-state index contributed by atoms with van der Waals surface area (Å²) in [6.45, 7) is 3.81. The van der Waals surface area contributed by atoms with E-state index in [-0.39, 0.29) is 12.3 Å². The van der Waals surface area contributed by atoms with Crippen molar-refractivity contribution < 1.29 is 14.7 Å². The van der Waals surface area contributed by atoms with Gasteiger partial charge in [-0.1, -0.05) is 25.7 Å². The number of rotatable bonds is 5. The van der Waals surface area contributed by atoms with Gasteiger partial charge >= 0.3 is 5.97 Å². The molecule has 0 aromatic carbocycles. The molecule has 0 unspecified atom stereocenters. The van der Waals surface area contributed by atoms with Crippen molar-refractivity contribution in [1.82, 2.24) is 24.9 Å². The Morgan fingerprint density at radius 2 is 1.92 bits per heavy atom. The lowest BCUT2D eigenvalue weighted by Gasteiger charge is -2.29. The number of amides is 1. The van der Waals surface area contributed by atoms with Crippen molar-refractivity contribution >= 4 is 17.7 Å². The number of carbonyl (C=O) groups excluding carboxylic acids is 1. The Kier molecular flexibility index (Phi) is 5.20. The first-order valence-electron chi connectivity index (χ1n) is 9.13. The van der Waals surface area contributed by atoms with Gasteiger partial charge in [-0.2, -0.15) is 10.1 Å². The molecule has 1 aliphatic carbocycles. The molecule has 8 heteroatoms. The van der Waals surface area contributed by atoms with E-state index in [1.807, 2.05) is 13.8 Å². The maximum absolute atomic E-state index is 12.5. The molecule has 3 rings (SSSR count). The molecular formula is C18H25N5O3. The summed E-state index contributed by atoms with van der Waals surface area (Å²) in [6.07, 6.45) is 6.86. The van der Waals surface area contributed by atoms with Gasteiger partial charge < -0.3 is 10.4 Å². The fraction of sp³-hybridized carbons (Fsp3) is 0.611. The highest BCUT2D eigenvalue weighted by Gasteiger charge is 2.39. The number of nitrogens with zero attached hydrogens (tertiary/aromatic N) is 4. The molecule has 1 amide bonds. The number of carbonyl (C=O) groups is 2. The third-order valence-corrected chi connectivity index (χ3v) is 5.34. The van der Waals surface area contributed by atoms with E-state index in [2.05, 4.69) is 20.4 Å². The van der Waals surface area contributed by atoms with Crippen LogP contribution in [0.2, 0.25) is 0 Å². The van der Waals surface area contributed by atoms with Crippen LogP contribution in [0.25, 0.3) is 5.78 Å². The smallest absolute Gasteiger partial charge is 0.329 e. The summed E-state index contributed by atoms with van der Waals surface area (Å²) in [5.41, 5.74) is 1.55. The Morgan fingerprint density at radius 3 is 2.58 bits per heavy atom. The third kappa shape index (κ3) is 3.54. The van der Waals surface area contributed by atoms with Crippen molar-refractivity contribution in [3.8, 4) is 0 Å². The highest BCUT2D eigenvalue weighted by Crippen LogP contribution is 2.28. The Hall–Kier alpha value is -2.51. The number of carboxylic acid groups (broad SMARTS) is 1. The van der Waals surface area contributed by atoms with Crippen LogP contribution in [-0.4, -0.2) is 42.1 Å². The van der Waals surface area contributed by atoms with Gasteiger partial charge in [-0.3, -0.25) is 4.79 Å².